The maximum Gasteiger partial charge on any atom is 0.145 e. The van der Waals surface area contributed by atoms with Gasteiger partial charge in [0.05, 0.1) is 5.69 Å². The van der Waals surface area contributed by atoms with Crippen LogP contribution in [0.15, 0.2) is 30.5 Å². The highest BCUT2D eigenvalue weighted by Gasteiger charge is 2.02. The normalized spacial score (nSPS) is 10.4. The number of hydrogen-bond acceptors (Lipinski definition) is 2. The number of anilines is 1. The molecule has 0 bridgehead atoms. The van der Waals surface area contributed by atoms with Crippen molar-refractivity contribution in [3.05, 3.63) is 41.3 Å². The van der Waals surface area contributed by atoms with Gasteiger partial charge in [-0.2, -0.15) is 5.10 Å². The lowest BCUT2D eigenvalue weighted by molar-refractivity contribution is 0.625. The molecule has 0 atom stereocenters. The lowest BCUT2D eigenvalue weighted by Gasteiger charge is -2.01. The number of nitrogens with zero attached hydrogens (tertiary/aromatic N) is 2. The van der Waals surface area contributed by atoms with E-state index in [9.17, 15) is 4.39 Å². The molecule has 5 heteroatoms. The molecule has 0 saturated carbocycles. The standard InChI is InChI=1S/C9H7ClFN3/c10-6-3-7(11)5-8(4-6)14-2-1-9(12)13-14/h1-5H,(H2,12,13). The highest BCUT2D eigenvalue weighted by Crippen LogP contribution is 2.17. The summed E-state index contributed by atoms with van der Waals surface area (Å²) in [7, 11) is 0. The van der Waals surface area contributed by atoms with Gasteiger partial charge in [0, 0.05) is 17.3 Å². The number of halogens is 2. The van der Waals surface area contributed by atoms with E-state index in [0.29, 0.717) is 16.5 Å². The first-order chi connectivity index (χ1) is 6.65. The van der Waals surface area contributed by atoms with Crippen LogP contribution in [-0.4, -0.2) is 9.78 Å². The van der Waals surface area contributed by atoms with Crippen molar-refractivity contribution in [3.8, 4) is 5.69 Å². The fourth-order valence-electron chi connectivity index (χ4n) is 1.15. The predicted molar refractivity (Wildman–Crippen MR) is 52.9 cm³/mol. The van der Waals surface area contributed by atoms with Crippen LogP contribution in [-0.2, 0) is 0 Å². The Morgan fingerprint density at radius 2 is 2.14 bits per heavy atom. The number of benzene rings is 1. The van der Waals surface area contributed by atoms with Crippen LogP contribution in [0.3, 0.4) is 0 Å². The topological polar surface area (TPSA) is 43.8 Å². The van der Waals surface area contributed by atoms with E-state index < -0.39 is 5.82 Å². The van der Waals surface area contributed by atoms with Crippen molar-refractivity contribution >= 4 is 17.4 Å². The van der Waals surface area contributed by atoms with Gasteiger partial charge in [-0.15, -0.1) is 0 Å². The second-order valence-corrected chi connectivity index (χ2v) is 3.25. The second-order valence-electron chi connectivity index (χ2n) is 2.81. The summed E-state index contributed by atoms with van der Waals surface area (Å²) in [5, 5.41) is 4.26. The molecule has 3 nitrogen and oxygen atoms in total. The van der Waals surface area contributed by atoms with E-state index in [1.807, 2.05) is 0 Å². The van der Waals surface area contributed by atoms with Gasteiger partial charge < -0.3 is 5.73 Å². The summed E-state index contributed by atoms with van der Waals surface area (Å²) in [6.45, 7) is 0. The third-order valence-electron chi connectivity index (χ3n) is 1.72. The van der Waals surface area contributed by atoms with Gasteiger partial charge in [0.1, 0.15) is 11.6 Å². The van der Waals surface area contributed by atoms with Crippen LogP contribution >= 0.6 is 11.6 Å². The van der Waals surface area contributed by atoms with Gasteiger partial charge in [-0.3, -0.25) is 0 Å². The number of hydrogen-bond donors (Lipinski definition) is 1. The van der Waals surface area contributed by atoms with Gasteiger partial charge >= 0.3 is 0 Å². The molecule has 0 spiro atoms. The van der Waals surface area contributed by atoms with Gasteiger partial charge in [-0.05, 0) is 18.2 Å². The van der Waals surface area contributed by atoms with E-state index in [0.717, 1.165) is 0 Å². The van der Waals surface area contributed by atoms with Crippen LogP contribution in [0.5, 0.6) is 0 Å². The molecule has 0 fully saturated rings. The quantitative estimate of drug-likeness (QED) is 0.786. The van der Waals surface area contributed by atoms with Crippen LogP contribution in [0.25, 0.3) is 5.69 Å². The molecule has 1 aromatic heterocycles. The molecule has 2 rings (SSSR count). The Bertz CT molecular complexity index is 447. The number of nitrogen functional groups attached to an aromatic ring is 1. The van der Waals surface area contributed by atoms with Crippen LogP contribution in [0.2, 0.25) is 5.02 Å². The largest absolute Gasteiger partial charge is 0.382 e. The minimum Gasteiger partial charge on any atom is -0.382 e. The van der Waals surface area contributed by atoms with Crippen molar-refractivity contribution in [1.82, 2.24) is 9.78 Å². The van der Waals surface area contributed by atoms with Crippen molar-refractivity contribution in [2.45, 2.75) is 0 Å². The van der Waals surface area contributed by atoms with E-state index in [-0.39, 0.29) is 0 Å². The maximum atomic E-state index is 13.0. The molecule has 0 unspecified atom stereocenters. The molecule has 2 N–H and O–H groups in total. The molecule has 14 heavy (non-hydrogen) atoms. The first-order valence-electron chi connectivity index (χ1n) is 3.93. The Morgan fingerprint density at radius 1 is 1.36 bits per heavy atom. The summed E-state index contributed by atoms with van der Waals surface area (Å²) in [5.41, 5.74) is 5.98. The van der Waals surface area contributed by atoms with E-state index in [4.69, 9.17) is 17.3 Å². The highest BCUT2D eigenvalue weighted by molar-refractivity contribution is 6.30. The molecule has 1 heterocycles. The highest BCUT2D eigenvalue weighted by atomic mass is 35.5. The summed E-state index contributed by atoms with van der Waals surface area (Å²) in [4.78, 5) is 0. The summed E-state index contributed by atoms with van der Waals surface area (Å²) in [6, 6.07) is 5.80. The molecule has 0 aliphatic heterocycles. The smallest absolute Gasteiger partial charge is 0.145 e. The molecular formula is C9H7ClFN3. The van der Waals surface area contributed by atoms with Gasteiger partial charge in [0.25, 0.3) is 0 Å². The molecular weight excluding hydrogens is 205 g/mol. The minimum absolute atomic E-state index is 0.328. The van der Waals surface area contributed by atoms with Crippen molar-refractivity contribution in [3.63, 3.8) is 0 Å². The van der Waals surface area contributed by atoms with Gasteiger partial charge in [0.2, 0.25) is 0 Å². The average molecular weight is 212 g/mol. The summed E-state index contributed by atoms with van der Waals surface area (Å²) >= 11 is 5.69. The number of aromatic nitrogens is 2. The molecule has 2 aromatic rings. The molecule has 0 amide bonds. The number of rotatable bonds is 1. The van der Waals surface area contributed by atoms with Crippen molar-refractivity contribution in [1.29, 1.82) is 0 Å². The SMILES string of the molecule is Nc1ccn(-c2cc(F)cc(Cl)c2)n1. The maximum absolute atomic E-state index is 13.0. The second kappa shape index (κ2) is 3.31. The molecule has 1 aromatic carbocycles. The Hall–Kier alpha value is -1.55. The third-order valence-corrected chi connectivity index (χ3v) is 1.94. The van der Waals surface area contributed by atoms with Crippen LogP contribution in [0.4, 0.5) is 10.2 Å². The Balaban J connectivity index is 2.51. The van der Waals surface area contributed by atoms with Crippen molar-refractivity contribution in [2.75, 3.05) is 5.73 Å². The van der Waals surface area contributed by atoms with E-state index in [1.165, 1.54) is 16.8 Å². The molecule has 72 valence electrons. The average Bonchev–Trinajstić information content (AvgIpc) is 2.50. The molecule has 0 radical (unpaired) electrons. The monoisotopic (exact) mass is 211 g/mol. The zero-order valence-corrected chi connectivity index (χ0v) is 7.87. The zero-order chi connectivity index (χ0) is 10.1. The Morgan fingerprint density at radius 3 is 2.71 bits per heavy atom. The zero-order valence-electron chi connectivity index (χ0n) is 7.11. The predicted octanol–water partition coefficient (Wildman–Crippen LogP) is 2.25. The van der Waals surface area contributed by atoms with Crippen molar-refractivity contribution in [2.24, 2.45) is 0 Å². The van der Waals surface area contributed by atoms with Crippen molar-refractivity contribution < 1.29 is 4.39 Å². The third kappa shape index (κ3) is 1.70. The fourth-order valence-corrected chi connectivity index (χ4v) is 1.37. The summed E-state index contributed by atoms with van der Waals surface area (Å²) in [5.74, 6) is -0.0213. The lowest BCUT2D eigenvalue weighted by Crippen LogP contribution is -1.96. The summed E-state index contributed by atoms with van der Waals surface area (Å²) in [6.07, 6.45) is 1.64. The lowest BCUT2D eigenvalue weighted by atomic mass is 10.3. The van der Waals surface area contributed by atoms with Crippen LogP contribution in [0, 0.1) is 5.82 Å². The van der Waals surface area contributed by atoms with E-state index in [1.54, 1.807) is 18.3 Å². The summed E-state index contributed by atoms with van der Waals surface area (Å²) < 4.78 is 14.4. The molecule has 0 saturated heterocycles. The van der Waals surface area contributed by atoms with Crippen LogP contribution in [0.1, 0.15) is 0 Å². The van der Waals surface area contributed by atoms with E-state index >= 15 is 0 Å². The van der Waals surface area contributed by atoms with Gasteiger partial charge in [-0.25, -0.2) is 9.07 Å². The van der Waals surface area contributed by atoms with E-state index in [2.05, 4.69) is 5.10 Å². The first-order valence-corrected chi connectivity index (χ1v) is 4.30. The number of nitrogens with two attached hydrogens (primary N) is 1. The minimum atomic E-state index is -0.401. The van der Waals surface area contributed by atoms with Gasteiger partial charge in [0.15, 0.2) is 0 Å². The Labute approximate surface area is 84.9 Å². The fraction of sp³-hybridized carbons (Fsp3) is 0. The molecule has 0 aliphatic rings. The molecule has 0 aliphatic carbocycles. The van der Waals surface area contributed by atoms with Gasteiger partial charge in [-0.1, -0.05) is 11.6 Å². The Kier molecular flexibility index (Phi) is 2.13. The van der Waals surface area contributed by atoms with Crippen LogP contribution < -0.4 is 5.73 Å². The first kappa shape index (κ1) is 9.02.